The number of H-pyrrole nitrogens is 1. The minimum absolute atomic E-state index is 0.673. The number of nitrogens with one attached hydrogen (secondary N) is 1. The van der Waals surface area contributed by atoms with Gasteiger partial charge in [-0.2, -0.15) is 0 Å². The highest BCUT2D eigenvalue weighted by atomic mass is 79.9. The largest absolute Gasteiger partial charge is 0.492 e. The topological polar surface area (TPSA) is 25.0 Å². The highest BCUT2D eigenvalue weighted by Crippen LogP contribution is 2.36. The predicted molar refractivity (Wildman–Crippen MR) is 74.7 cm³/mol. The summed E-state index contributed by atoms with van der Waals surface area (Å²) >= 11 is 3.61. The summed E-state index contributed by atoms with van der Waals surface area (Å²) < 4.78 is 6.74. The molecule has 1 aromatic heterocycles. The van der Waals surface area contributed by atoms with Crippen LogP contribution in [0.3, 0.4) is 0 Å². The zero-order chi connectivity index (χ0) is 11.8. The van der Waals surface area contributed by atoms with E-state index in [4.69, 9.17) is 4.74 Å². The summed E-state index contributed by atoms with van der Waals surface area (Å²) in [6.07, 6.45) is 0. The molecule has 86 valence electrons. The summed E-state index contributed by atoms with van der Waals surface area (Å²) in [6, 6.07) is 12.3. The van der Waals surface area contributed by atoms with Gasteiger partial charge >= 0.3 is 0 Å². The molecule has 3 heteroatoms. The van der Waals surface area contributed by atoms with E-state index in [1.54, 1.807) is 0 Å². The molecule has 3 aromatic rings. The number of aromatic amines is 1. The molecule has 1 heterocycles. The zero-order valence-corrected chi connectivity index (χ0v) is 11.0. The molecule has 0 radical (unpaired) electrons. The number of aromatic nitrogens is 1. The summed E-state index contributed by atoms with van der Waals surface area (Å²) in [4.78, 5) is 3.42. The lowest BCUT2D eigenvalue weighted by molar-refractivity contribution is 0.344. The molecular weight excluding hydrogens is 278 g/mol. The molecule has 0 saturated carbocycles. The van der Waals surface area contributed by atoms with Gasteiger partial charge in [0.15, 0.2) is 0 Å². The van der Waals surface area contributed by atoms with E-state index in [1.807, 2.05) is 25.1 Å². The van der Waals surface area contributed by atoms with Gasteiger partial charge < -0.3 is 9.72 Å². The van der Waals surface area contributed by atoms with Crippen LogP contribution in [0, 0.1) is 0 Å². The number of ether oxygens (including phenoxy) is 1. The Hall–Kier alpha value is -1.48. The van der Waals surface area contributed by atoms with Crippen molar-refractivity contribution in [3.05, 3.63) is 40.9 Å². The molecule has 0 aliphatic carbocycles. The second kappa shape index (κ2) is 4.08. The molecule has 0 unspecified atom stereocenters. The number of rotatable bonds is 2. The number of para-hydroxylation sites is 1. The molecule has 17 heavy (non-hydrogen) atoms. The third-order valence-electron chi connectivity index (χ3n) is 2.87. The van der Waals surface area contributed by atoms with Crippen LogP contribution in [0.15, 0.2) is 40.9 Å². The summed E-state index contributed by atoms with van der Waals surface area (Å²) in [5, 5.41) is 2.41. The van der Waals surface area contributed by atoms with Crippen LogP contribution in [0.5, 0.6) is 5.75 Å². The Kier molecular flexibility index (Phi) is 2.56. The van der Waals surface area contributed by atoms with Gasteiger partial charge in [0.05, 0.1) is 12.1 Å². The maximum Gasteiger partial charge on any atom is 0.143 e. The molecule has 1 N–H and O–H groups in total. The number of halogens is 1. The summed E-state index contributed by atoms with van der Waals surface area (Å²) in [5.41, 5.74) is 2.19. The van der Waals surface area contributed by atoms with E-state index in [0.717, 1.165) is 21.3 Å². The van der Waals surface area contributed by atoms with Crippen molar-refractivity contribution in [3.8, 4) is 5.75 Å². The lowest BCUT2D eigenvalue weighted by Gasteiger charge is -2.05. The standard InChI is InChI=1S/C14H12BrNO/c1-2-17-12-8-7-10(15)13-9-5-3-4-6-11(9)16-14(12)13/h3-8,16H,2H2,1H3. The fourth-order valence-corrected chi connectivity index (χ4v) is 2.71. The normalized spacial score (nSPS) is 11.2. The van der Waals surface area contributed by atoms with Crippen LogP contribution in [0.4, 0.5) is 0 Å². The van der Waals surface area contributed by atoms with E-state index in [9.17, 15) is 0 Å². The molecular formula is C14H12BrNO. The van der Waals surface area contributed by atoms with Gasteiger partial charge in [0, 0.05) is 20.8 Å². The van der Waals surface area contributed by atoms with Crippen molar-refractivity contribution >= 4 is 37.7 Å². The molecule has 3 rings (SSSR count). The smallest absolute Gasteiger partial charge is 0.143 e. The minimum Gasteiger partial charge on any atom is -0.492 e. The van der Waals surface area contributed by atoms with Gasteiger partial charge in [0.25, 0.3) is 0 Å². The van der Waals surface area contributed by atoms with Gasteiger partial charge in [0.2, 0.25) is 0 Å². The van der Waals surface area contributed by atoms with Crippen LogP contribution in [0.2, 0.25) is 0 Å². The lowest BCUT2D eigenvalue weighted by Crippen LogP contribution is -1.92. The Morgan fingerprint density at radius 3 is 2.82 bits per heavy atom. The summed E-state index contributed by atoms with van der Waals surface area (Å²) in [7, 11) is 0. The molecule has 0 bridgehead atoms. The second-order valence-corrected chi connectivity index (χ2v) is 4.75. The van der Waals surface area contributed by atoms with Gasteiger partial charge in [-0.1, -0.05) is 34.1 Å². The van der Waals surface area contributed by atoms with Crippen molar-refractivity contribution < 1.29 is 4.74 Å². The van der Waals surface area contributed by atoms with Gasteiger partial charge in [-0.25, -0.2) is 0 Å². The van der Waals surface area contributed by atoms with E-state index in [2.05, 4.69) is 39.1 Å². The maximum atomic E-state index is 5.65. The second-order valence-electron chi connectivity index (χ2n) is 3.90. The maximum absolute atomic E-state index is 5.65. The Labute approximate surface area is 108 Å². The molecule has 0 aliphatic rings. The Morgan fingerprint density at radius 1 is 1.18 bits per heavy atom. The number of hydrogen-bond acceptors (Lipinski definition) is 1. The molecule has 0 amide bonds. The first-order valence-electron chi connectivity index (χ1n) is 5.63. The molecule has 0 fully saturated rings. The monoisotopic (exact) mass is 289 g/mol. The Bertz CT molecular complexity index is 687. The van der Waals surface area contributed by atoms with Crippen molar-refractivity contribution in [2.45, 2.75) is 6.92 Å². The number of hydrogen-bond donors (Lipinski definition) is 1. The first kappa shape index (κ1) is 10.7. The summed E-state index contributed by atoms with van der Waals surface area (Å²) in [6.45, 7) is 2.67. The molecule has 2 nitrogen and oxygen atoms in total. The van der Waals surface area contributed by atoms with Crippen molar-refractivity contribution in [2.75, 3.05) is 6.61 Å². The van der Waals surface area contributed by atoms with E-state index in [1.165, 1.54) is 10.8 Å². The van der Waals surface area contributed by atoms with Crippen molar-refractivity contribution in [3.63, 3.8) is 0 Å². The molecule has 0 spiro atoms. The fourth-order valence-electron chi connectivity index (χ4n) is 2.17. The third kappa shape index (κ3) is 1.62. The van der Waals surface area contributed by atoms with Crippen LogP contribution in [-0.2, 0) is 0 Å². The molecule has 2 aromatic carbocycles. The Balaban J connectivity index is 2.45. The van der Waals surface area contributed by atoms with Gasteiger partial charge in [0.1, 0.15) is 5.75 Å². The van der Waals surface area contributed by atoms with Crippen LogP contribution in [0.1, 0.15) is 6.92 Å². The van der Waals surface area contributed by atoms with Crippen LogP contribution in [0.25, 0.3) is 21.8 Å². The van der Waals surface area contributed by atoms with E-state index < -0.39 is 0 Å². The number of fused-ring (bicyclic) bond motifs is 3. The number of benzene rings is 2. The third-order valence-corrected chi connectivity index (χ3v) is 3.53. The minimum atomic E-state index is 0.673. The van der Waals surface area contributed by atoms with E-state index >= 15 is 0 Å². The first-order chi connectivity index (χ1) is 8.31. The lowest BCUT2D eigenvalue weighted by atomic mass is 10.1. The quantitative estimate of drug-likeness (QED) is 0.739. The van der Waals surface area contributed by atoms with Gasteiger partial charge in [-0.05, 0) is 25.1 Å². The van der Waals surface area contributed by atoms with Crippen molar-refractivity contribution in [1.29, 1.82) is 0 Å². The predicted octanol–water partition coefficient (Wildman–Crippen LogP) is 4.48. The highest BCUT2D eigenvalue weighted by molar-refractivity contribution is 9.10. The summed E-state index contributed by atoms with van der Waals surface area (Å²) in [5.74, 6) is 0.905. The van der Waals surface area contributed by atoms with Crippen LogP contribution >= 0.6 is 15.9 Å². The molecule has 0 saturated heterocycles. The first-order valence-corrected chi connectivity index (χ1v) is 6.42. The van der Waals surface area contributed by atoms with Crippen molar-refractivity contribution in [1.82, 2.24) is 4.98 Å². The average Bonchev–Trinajstić information content (AvgIpc) is 2.73. The van der Waals surface area contributed by atoms with Gasteiger partial charge in [-0.15, -0.1) is 0 Å². The Morgan fingerprint density at radius 2 is 2.00 bits per heavy atom. The SMILES string of the molecule is CCOc1ccc(Br)c2c1[nH]c1ccccc12. The van der Waals surface area contributed by atoms with Gasteiger partial charge in [-0.3, -0.25) is 0 Å². The fraction of sp³-hybridized carbons (Fsp3) is 0.143. The van der Waals surface area contributed by atoms with E-state index in [-0.39, 0.29) is 0 Å². The average molecular weight is 290 g/mol. The van der Waals surface area contributed by atoms with Crippen molar-refractivity contribution in [2.24, 2.45) is 0 Å². The zero-order valence-electron chi connectivity index (χ0n) is 9.46. The van der Waals surface area contributed by atoms with Crippen LogP contribution < -0.4 is 4.74 Å². The van der Waals surface area contributed by atoms with E-state index in [0.29, 0.717) is 6.61 Å². The molecule has 0 atom stereocenters. The molecule has 0 aliphatic heterocycles. The van der Waals surface area contributed by atoms with Crippen LogP contribution in [-0.4, -0.2) is 11.6 Å². The highest BCUT2D eigenvalue weighted by Gasteiger charge is 2.11.